The number of hydrogen-bond acceptors (Lipinski definition) is 6. The zero-order chi connectivity index (χ0) is 52.4. The standard InChI is InChI=1S/C38H44F17N9O4/c1-30(2,9-10-31(39,40)32(41,42)33(43,44)34(45,46)35(47,48)36(49,50)37(51,52)38(53,54)55)58-13-7-12-57-27(66)23-15-21(18-62(23)3)60-29(68)25-16-22(19-64(25)5)61-28(67)24-14-20(17-63(24)4)59-26(65)8-6-11-56/h14-19,58H,6-13,56H2,1-5H3,(H,57,66)(H,59,65)(H,60,68)(H,61,67). The Hall–Kier alpha value is -5.55. The van der Waals surface area contributed by atoms with Crippen LogP contribution in [0.25, 0.3) is 0 Å². The molecule has 7 N–H and O–H groups in total. The predicted octanol–water partition coefficient (Wildman–Crippen LogP) is 8.16. The molecule has 0 aliphatic heterocycles. The van der Waals surface area contributed by atoms with Gasteiger partial charge >= 0.3 is 47.6 Å². The van der Waals surface area contributed by atoms with Gasteiger partial charge in [0, 0.05) is 64.7 Å². The fourth-order valence-corrected chi connectivity index (χ4v) is 6.17. The maximum Gasteiger partial charge on any atom is 0.460 e. The minimum atomic E-state index is -8.70. The lowest BCUT2D eigenvalue weighted by Crippen LogP contribution is -2.74. The molecule has 3 aromatic rings. The zero-order valence-electron chi connectivity index (χ0n) is 36.1. The molecule has 3 aromatic heterocycles. The highest BCUT2D eigenvalue weighted by atomic mass is 19.4. The Morgan fingerprint density at radius 3 is 1.31 bits per heavy atom. The Kier molecular flexibility index (Phi) is 16.5. The summed E-state index contributed by atoms with van der Waals surface area (Å²) in [5, 5.41) is 12.8. The molecule has 3 heterocycles. The van der Waals surface area contributed by atoms with Crippen molar-refractivity contribution in [2.75, 3.05) is 35.6 Å². The Morgan fingerprint density at radius 2 is 0.897 bits per heavy atom. The predicted molar refractivity (Wildman–Crippen MR) is 208 cm³/mol. The van der Waals surface area contributed by atoms with E-state index in [2.05, 4.69) is 26.6 Å². The Labute approximate surface area is 374 Å². The van der Waals surface area contributed by atoms with E-state index in [4.69, 9.17) is 5.73 Å². The number of rotatable bonds is 23. The molecule has 0 aliphatic carbocycles. The van der Waals surface area contributed by atoms with E-state index in [0.717, 1.165) is 13.8 Å². The lowest BCUT2D eigenvalue weighted by molar-refractivity contribution is -0.461. The zero-order valence-corrected chi connectivity index (χ0v) is 36.1. The van der Waals surface area contributed by atoms with Gasteiger partial charge < -0.3 is 46.0 Å². The summed E-state index contributed by atoms with van der Waals surface area (Å²) >= 11 is 0. The molecule has 13 nitrogen and oxygen atoms in total. The normalized spacial score (nSPS) is 13.7. The van der Waals surface area contributed by atoms with Crippen LogP contribution in [0.3, 0.4) is 0 Å². The summed E-state index contributed by atoms with van der Waals surface area (Å²) in [6.45, 7) is 1.75. The first-order valence-electron chi connectivity index (χ1n) is 19.6. The molecule has 3 rings (SSSR count). The van der Waals surface area contributed by atoms with Gasteiger partial charge in [0.2, 0.25) is 5.91 Å². The number of nitrogens with two attached hydrogens (primary N) is 1. The number of nitrogens with one attached hydrogen (secondary N) is 5. The largest absolute Gasteiger partial charge is 0.460 e. The van der Waals surface area contributed by atoms with Gasteiger partial charge in [-0.05, 0) is 64.4 Å². The molecule has 0 aromatic carbocycles. The van der Waals surface area contributed by atoms with Crippen LogP contribution in [0.5, 0.6) is 0 Å². The Bertz CT molecular complexity index is 2300. The van der Waals surface area contributed by atoms with Crippen LogP contribution in [0.1, 0.15) is 77.4 Å². The summed E-state index contributed by atoms with van der Waals surface area (Å²) in [7, 11) is 4.51. The van der Waals surface area contributed by atoms with E-state index in [9.17, 15) is 93.8 Å². The van der Waals surface area contributed by atoms with Gasteiger partial charge in [-0.2, -0.15) is 74.6 Å². The Balaban J connectivity index is 1.55. The van der Waals surface area contributed by atoms with E-state index in [1.54, 1.807) is 7.05 Å². The topological polar surface area (TPSA) is 169 Å². The van der Waals surface area contributed by atoms with Crippen molar-refractivity contribution in [1.29, 1.82) is 0 Å². The molecule has 384 valence electrons. The van der Waals surface area contributed by atoms with Gasteiger partial charge in [-0.3, -0.25) is 19.2 Å². The Morgan fingerprint density at radius 1 is 0.515 bits per heavy atom. The average molecular weight is 1010 g/mol. The molecule has 0 saturated carbocycles. The van der Waals surface area contributed by atoms with E-state index < -0.39 is 83.7 Å². The lowest BCUT2D eigenvalue weighted by Gasteiger charge is -2.43. The number of aryl methyl sites for hydroxylation is 3. The van der Waals surface area contributed by atoms with Gasteiger partial charge in [0.15, 0.2) is 0 Å². The number of hydrogen-bond donors (Lipinski definition) is 6. The smallest absolute Gasteiger partial charge is 0.351 e. The fourth-order valence-electron chi connectivity index (χ4n) is 6.17. The molecule has 0 unspecified atom stereocenters. The van der Waals surface area contributed by atoms with Crippen LogP contribution in [0.2, 0.25) is 0 Å². The SMILES string of the molecule is Cn1cc(NC(=O)c2cc(NC(=O)c3cc(NC(=O)CCCN)cn3C)cn2C)cc1C(=O)NCCCNC(C)(C)CCC(F)(F)C(F)(F)C(F)(F)C(F)(F)C(F)(F)C(F)(F)C(F)(F)C(F)(F)F. The van der Waals surface area contributed by atoms with Crippen LogP contribution in [-0.4, -0.2) is 110 Å². The third kappa shape index (κ3) is 11.3. The molecule has 0 spiro atoms. The highest BCUT2D eigenvalue weighted by molar-refractivity contribution is 6.07. The number of carbonyl (C=O) groups is 4. The van der Waals surface area contributed by atoms with Gasteiger partial charge in [-0.15, -0.1) is 0 Å². The summed E-state index contributed by atoms with van der Waals surface area (Å²) in [4.78, 5) is 51.1. The maximum absolute atomic E-state index is 14.5. The number of halogens is 17. The highest BCUT2D eigenvalue weighted by Gasteiger charge is 2.95. The van der Waals surface area contributed by atoms with Crippen LogP contribution in [0, 0.1) is 0 Å². The second-order valence-electron chi connectivity index (χ2n) is 16.1. The molecular weight excluding hydrogens is 969 g/mol. The van der Waals surface area contributed by atoms with Crippen molar-refractivity contribution in [2.45, 2.75) is 99.1 Å². The van der Waals surface area contributed by atoms with Crippen LogP contribution in [0.15, 0.2) is 36.8 Å². The number of anilines is 3. The molecule has 0 bridgehead atoms. The van der Waals surface area contributed by atoms with Crippen LogP contribution < -0.4 is 32.3 Å². The van der Waals surface area contributed by atoms with Crippen LogP contribution in [0.4, 0.5) is 91.7 Å². The summed E-state index contributed by atoms with van der Waals surface area (Å²) in [5.74, 6) is -59.1. The number of amides is 4. The van der Waals surface area contributed by atoms with Crippen molar-refractivity contribution in [2.24, 2.45) is 26.9 Å². The quantitative estimate of drug-likeness (QED) is 0.0414. The summed E-state index contributed by atoms with van der Waals surface area (Å²) in [6, 6.07) is 4.07. The molecular formula is C38H44F17N9O4. The third-order valence-corrected chi connectivity index (χ3v) is 10.2. The van der Waals surface area contributed by atoms with E-state index in [1.807, 2.05) is 0 Å². The highest BCUT2D eigenvalue weighted by Crippen LogP contribution is 2.64. The van der Waals surface area contributed by atoms with Crippen molar-refractivity contribution < 1.29 is 93.8 Å². The van der Waals surface area contributed by atoms with Crippen molar-refractivity contribution in [3.8, 4) is 0 Å². The molecule has 0 saturated heterocycles. The molecule has 0 atom stereocenters. The summed E-state index contributed by atoms with van der Waals surface area (Å²) < 4.78 is 236. The molecule has 0 fully saturated rings. The van der Waals surface area contributed by atoms with Gasteiger partial charge in [0.25, 0.3) is 17.7 Å². The minimum absolute atomic E-state index is 0.0213. The van der Waals surface area contributed by atoms with Gasteiger partial charge in [-0.25, -0.2) is 0 Å². The van der Waals surface area contributed by atoms with Gasteiger partial charge in [0.1, 0.15) is 17.1 Å². The first kappa shape index (κ1) is 56.8. The molecule has 4 amide bonds. The van der Waals surface area contributed by atoms with E-state index in [1.165, 1.54) is 64.6 Å². The van der Waals surface area contributed by atoms with Gasteiger partial charge in [0.05, 0.1) is 17.1 Å². The molecule has 0 aliphatic rings. The van der Waals surface area contributed by atoms with Crippen molar-refractivity contribution in [1.82, 2.24) is 24.3 Å². The fraction of sp³-hybridized carbons (Fsp3) is 0.579. The second-order valence-corrected chi connectivity index (χ2v) is 16.1. The van der Waals surface area contributed by atoms with Crippen LogP contribution >= 0.6 is 0 Å². The monoisotopic (exact) mass is 1010 g/mol. The second kappa shape index (κ2) is 19.8. The van der Waals surface area contributed by atoms with Crippen LogP contribution in [-0.2, 0) is 25.9 Å². The molecule has 30 heteroatoms. The van der Waals surface area contributed by atoms with E-state index >= 15 is 0 Å². The molecule has 68 heavy (non-hydrogen) atoms. The van der Waals surface area contributed by atoms with E-state index in [-0.39, 0.29) is 60.3 Å². The molecule has 0 radical (unpaired) electrons. The first-order chi connectivity index (χ1) is 30.7. The number of alkyl halides is 17. The van der Waals surface area contributed by atoms with Crippen molar-refractivity contribution in [3.05, 3.63) is 53.9 Å². The van der Waals surface area contributed by atoms with Crippen molar-refractivity contribution >= 4 is 40.7 Å². The van der Waals surface area contributed by atoms with Gasteiger partial charge in [-0.1, -0.05) is 0 Å². The summed E-state index contributed by atoms with van der Waals surface area (Å²) in [6.07, 6.45) is -6.94. The number of aromatic nitrogens is 3. The first-order valence-corrected chi connectivity index (χ1v) is 19.6. The lowest BCUT2D eigenvalue weighted by atomic mass is 9.86. The van der Waals surface area contributed by atoms with Crippen molar-refractivity contribution in [3.63, 3.8) is 0 Å². The van der Waals surface area contributed by atoms with E-state index in [0.29, 0.717) is 18.7 Å². The third-order valence-electron chi connectivity index (χ3n) is 10.2. The average Bonchev–Trinajstić information content (AvgIpc) is 3.89. The minimum Gasteiger partial charge on any atom is -0.351 e. The number of nitrogens with zero attached hydrogens (tertiary/aromatic N) is 3. The maximum atomic E-state index is 14.5. The summed E-state index contributed by atoms with van der Waals surface area (Å²) in [5.41, 5.74) is 4.51. The number of carbonyl (C=O) groups excluding carboxylic acids is 4.